The Balaban J connectivity index is 2.25. The number of carbonyl (C=O) groups excluding carboxylic acids is 1. The van der Waals surface area contributed by atoms with Crippen molar-refractivity contribution in [1.82, 2.24) is 0 Å². The molecule has 0 aliphatic heterocycles. The first-order valence-corrected chi connectivity index (χ1v) is 5.43. The van der Waals surface area contributed by atoms with Gasteiger partial charge in [-0.2, -0.15) is 0 Å². The van der Waals surface area contributed by atoms with Crippen molar-refractivity contribution in [2.75, 3.05) is 5.32 Å². The van der Waals surface area contributed by atoms with Gasteiger partial charge >= 0.3 is 5.97 Å². The molecule has 1 aromatic carbocycles. The summed E-state index contributed by atoms with van der Waals surface area (Å²) in [6, 6.07) is 8.22. The van der Waals surface area contributed by atoms with E-state index < -0.39 is 12.0 Å². The summed E-state index contributed by atoms with van der Waals surface area (Å²) in [5.41, 5.74) is 6.06. The molecule has 5 nitrogen and oxygen atoms in total. The Hall–Kier alpha value is -1.88. The van der Waals surface area contributed by atoms with E-state index in [1.54, 1.807) is 12.1 Å². The molecule has 0 aliphatic rings. The van der Waals surface area contributed by atoms with Gasteiger partial charge in [0.15, 0.2) is 0 Å². The number of nitrogens with two attached hydrogens (primary N) is 1. The number of carboxylic acids is 1. The third kappa shape index (κ3) is 5.12. The fourth-order valence-corrected chi connectivity index (χ4v) is 1.35. The topological polar surface area (TPSA) is 92.4 Å². The molecule has 1 atom stereocenters. The van der Waals surface area contributed by atoms with Gasteiger partial charge in [-0.25, -0.2) is 0 Å². The quantitative estimate of drug-likeness (QED) is 0.692. The molecule has 0 heterocycles. The van der Waals surface area contributed by atoms with Gasteiger partial charge in [-0.05, 0) is 25.0 Å². The molecule has 0 aromatic heterocycles. The Labute approximate surface area is 99.6 Å². The SMILES string of the molecule is N[C@@H](CCCC(=O)Nc1ccccc1)C(=O)O. The number of para-hydroxylation sites is 1. The first kappa shape index (κ1) is 13.2. The zero-order valence-electron chi connectivity index (χ0n) is 9.43. The predicted molar refractivity (Wildman–Crippen MR) is 64.5 cm³/mol. The van der Waals surface area contributed by atoms with Gasteiger partial charge in [-0.15, -0.1) is 0 Å². The molecule has 0 unspecified atom stereocenters. The van der Waals surface area contributed by atoms with Crippen molar-refractivity contribution in [2.24, 2.45) is 5.73 Å². The van der Waals surface area contributed by atoms with E-state index in [1.807, 2.05) is 18.2 Å². The number of amides is 1. The van der Waals surface area contributed by atoms with Crippen molar-refractivity contribution in [1.29, 1.82) is 0 Å². The minimum atomic E-state index is -1.03. The Kier molecular flexibility index (Phi) is 5.16. The number of anilines is 1. The highest BCUT2D eigenvalue weighted by atomic mass is 16.4. The number of carboxylic acid groups (broad SMARTS) is 1. The highest BCUT2D eigenvalue weighted by molar-refractivity contribution is 5.90. The van der Waals surface area contributed by atoms with Crippen molar-refractivity contribution < 1.29 is 14.7 Å². The van der Waals surface area contributed by atoms with Crippen LogP contribution in [-0.4, -0.2) is 23.0 Å². The molecule has 5 heteroatoms. The lowest BCUT2D eigenvalue weighted by Gasteiger charge is -2.06. The molecule has 0 radical (unpaired) electrons. The highest BCUT2D eigenvalue weighted by Gasteiger charge is 2.11. The fraction of sp³-hybridized carbons (Fsp3) is 0.333. The van der Waals surface area contributed by atoms with Gasteiger partial charge in [-0.1, -0.05) is 18.2 Å². The monoisotopic (exact) mass is 236 g/mol. The Morgan fingerprint density at radius 3 is 2.53 bits per heavy atom. The van der Waals surface area contributed by atoms with E-state index in [0.717, 1.165) is 5.69 Å². The lowest BCUT2D eigenvalue weighted by Crippen LogP contribution is -2.30. The van der Waals surface area contributed by atoms with Crippen molar-refractivity contribution in [3.8, 4) is 0 Å². The second-order valence-electron chi connectivity index (χ2n) is 3.75. The minimum absolute atomic E-state index is 0.131. The average Bonchev–Trinajstić information content (AvgIpc) is 2.30. The first-order chi connectivity index (χ1) is 8.09. The van der Waals surface area contributed by atoms with Crippen LogP contribution in [0.2, 0.25) is 0 Å². The van der Waals surface area contributed by atoms with Crippen LogP contribution in [-0.2, 0) is 9.59 Å². The number of aliphatic carboxylic acids is 1. The van der Waals surface area contributed by atoms with E-state index in [-0.39, 0.29) is 12.3 Å². The normalized spacial score (nSPS) is 11.8. The van der Waals surface area contributed by atoms with Gasteiger partial charge in [0.25, 0.3) is 0 Å². The summed E-state index contributed by atoms with van der Waals surface area (Å²) >= 11 is 0. The summed E-state index contributed by atoms with van der Waals surface area (Å²) < 4.78 is 0. The van der Waals surface area contributed by atoms with Gasteiger partial charge < -0.3 is 16.2 Å². The van der Waals surface area contributed by atoms with Crippen LogP contribution in [0.25, 0.3) is 0 Å². The molecular formula is C12H16N2O3. The molecule has 0 saturated heterocycles. The maximum atomic E-state index is 11.5. The van der Waals surface area contributed by atoms with Crippen LogP contribution in [0.15, 0.2) is 30.3 Å². The highest BCUT2D eigenvalue weighted by Crippen LogP contribution is 2.07. The molecule has 1 rings (SSSR count). The Bertz CT molecular complexity index is 379. The van der Waals surface area contributed by atoms with Crippen LogP contribution in [0.5, 0.6) is 0 Å². The summed E-state index contributed by atoms with van der Waals surface area (Å²) in [4.78, 5) is 21.9. The van der Waals surface area contributed by atoms with Crippen molar-refractivity contribution >= 4 is 17.6 Å². The Morgan fingerprint density at radius 2 is 1.94 bits per heavy atom. The summed E-state index contributed by atoms with van der Waals surface area (Å²) in [5, 5.41) is 11.3. The molecule has 4 N–H and O–H groups in total. The average molecular weight is 236 g/mol. The molecule has 17 heavy (non-hydrogen) atoms. The summed E-state index contributed by atoms with van der Waals surface area (Å²) in [7, 11) is 0. The summed E-state index contributed by atoms with van der Waals surface area (Å²) in [6.07, 6.45) is 1.04. The lowest BCUT2D eigenvalue weighted by atomic mass is 10.1. The molecular weight excluding hydrogens is 220 g/mol. The zero-order chi connectivity index (χ0) is 12.7. The van der Waals surface area contributed by atoms with E-state index in [2.05, 4.69) is 5.32 Å². The molecule has 0 spiro atoms. The number of hydrogen-bond acceptors (Lipinski definition) is 3. The molecule has 0 fully saturated rings. The summed E-state index contributed by atoms with van der Waals surface area (Å²) in [6.45, 7) is 0. The molecule has 0 saturated carbocycles. The van der Waals surface area contributed by atoms with E-state index in [4.69, 9.17) is 10.8 Å². The standard InChI is InChI=1S/C12H16N2O3/c13-10(12(16)17)7-4-8-11(15)14-9-5-2-1-3-6-9/h1-3,5-6,10H,4,7-8,13H2,(H,14,15)(H,16,17)/t10-/m0/s1. The molecule has 1 amide bonds. The van der Waals surface area contributed by atoms with Gasteiger partial charge in [-0.3, -0.25) is 9.59 Å². The number of nitrogens with one attached hydrogen (secondary N) is 1. The smallest absolute Gasteiger partial charge is 0.320 e. The van der Waals surface area contributed by atoms with E-state index in [0.29, 0.717) is 12.8 Å². The van der Waals surface area contributed by atoms with Crippen LogP contribution in [0.3, 0.4) is 0 Å². The first-order valence-electron chi connectivity index (χ1n) is 5.43. The third-order valence-corrected chi connectivity index (χ3v) is 2.29. The van der Waals surface area contributed by atoms with Crippen molar-refractivity contribution in [3.05, 3.63) is 30.3 Å². The van der Waals surface area contributed by atoms with Gasteiger partial charge in [0.05, 0.1) is 0 Å². The Morgan fingerprint density at radius 1 is 1.29 bits per heavy atom. The van der Waals surface area contributed by atoms with Gasteiger partial charge in [0.1, 0.15) is 6.04 Å². The van der Waals surface area contributed by atoms with E-state index in [9.17, 15) is 9.59 Å². The molecule has 92 valence electrons. The second kappa shape index (κ2) is 6.65. The number of benzene rings is 1. The maximum Gasteiger partial charge on any atom is 0.320 e. The van der Waals surface area contributed by atoms with Crippen LogP contribution >= 0.6 is 0 Å². The van der Waals surface area contributed by atoms with Crippen LogP contribution in [0.1, 0.15) is 19.3 Å². The van der Waals surface area contributed by atoms with Crippen molar-refractivity contribution in [3.63, 3.8) is 0 Å². The molecule has 0 aliphatic carbocycles. The number of hydrogen-bond donors (Lipinski definition) is 3. The number of carbonyl (C=O) groups is 2. The largest absolute Gasteiger partial charge is 0.480 e. The molecule has 0 bridgehead atoms. The third-order valence-electron chi connectivity index (χ3n) is 2.29. The van der Waals surface area contributed by atoms with E-state index in [1.165, 1.54) is 0 Å². The molecule has 1 aromatic rings. The second-order valence-corrected chi connectivity index (χ2v) is 3.75. The maximum absolute atomic E-state index is 11.5. The van der Waals surface area contributed by atoms with Crippen LogP contribution in [0, 0.1) is 0 Å². The van der Waals surface area contributed by atoms with Gasteiger partial charge in [0, 0.05) is 12.1 Å². The van der Waals surface area contributed by atoms with Crippen LogP contribution < -0.4 is 11.1 Å². The predicted octanol–water partition coefficient (Wildman–Crippen LogP) is 1.21. The van der Waals surface area contributed by atoms with Crippen LogP contribution in [0.4, 0.5) is 5.69 Å². The van der Waals surface area contributed by atoms with Crippen molar-refractivity contribution in [2.45, 2.75) is 25.3 Å². The summed E-state index contributed by atoms with van der Waals surface area (Å²) in [5.74, 6) is -1.16. The zero-order valence-corrected chi connectivity index (χ0v) is 9.43. The minimum Gasteiger partial charge on any atom is -0.480 e. The van der Waals surface area contributed by atoms with E-state index >= 15 is 0 Å². The lowest BCUT2D eigenvalue weighted by molar-refractivity contribution is -0.138. The fourth-order valence-electron chi connectivity index (χ4n) is 1.35. The van der Waals surface area contributed by atoms with Gasteiger partial charge in [0.2, 0.25) is 5.91 Å². The number of rotatable bonds is 6.